The van der Waals surface area contributed by atoms with Crippen LogP contribution in [0.2, 0.25) is 0 Å². The van der Waals surface area contributed by atoms with Crippen LogP contribution in [0.1, 0.15) is 0 Å². The molecule has 0 amide bonds. The van der Waals surface area contributed by atoms with Crippen LogP contribution in [0.4, 0.5) is 24.8 Å². The van der Waals surface area contributed by atoms with Crippen LogP contribution in [0.15, 0.2) is 72.3 Å². The van der Waals surface area contributed by atoms with E-state index in [1.165, 1.54) is 36.0 Å². The maximum absolute atomic E-state index is 15.8. The molecule has 0 bridgehead atoms. The summed E-state index contributed by atoms with van der Waals surface area (Å²) in [5.41, 5.74) is 0.564. The van der Waals surface area contributed by atoms with Gasteiger partial charge in [-0.2, -0.15) is 0 Å². The predicted octanol–water partition coefficient (Wildman–Crippen LogP) is 4.98. The van der Waals surface area contributed by atoms with Crippen LogP contribution in [-0.2, 0) is 10.0 Å². The number of rotatable bonds is 7. The quantitative estimate of drug-likeness (QED) is 0.288. The first-order valence-electron chi connectivity index (χ1n) is 10.8. The van der Waals surface area contributed by atoms with Crippen LogP contribution in [0.25, 0.3) is 32.4 Å². The van der Waals surface area contributed by atoms with Gasteiger partial charge in [0.15, 0.2) is 10.7 Å². The molecule has 3 heterocycles. The first-order valence-corrected chi connectivity index (χ1v) is 13.1. The number of sulfonamides is 1. The third-order valence-electron chi connectivity index (χ3n) is 5.23. The molecule has 0 fully saturated rings. The third-order valence-corrected chi connectivity index (χ3v) is 7.78. The standard InChI is InChI=1S/C24H16F3N7O2S2/c1-28-24-31-9-8-18(32-24)21-20(33-23(37-21)13-10-29-12-30-11-13)14-4-2-7-17(19(14)27)34-38(35,36)22-15(25)5-3-6-16(22)26/h2-12,34H,1H3,(H,28,31,32). The van der Waals surface area contributed by atoms with Gasteiger partial charge in [0.1, 0.15) is 23.0 Å². The second-order valence-corrected chi connectivity index (χ2v) is 10.3. The van der Waals surface area contributed by atoms with E-state index in [2.05, 4.69) is 30.2 Å². The second kappa shape index (κ2) is 10.1. The minimum atomic E-state index is -4.81. The molecule has 2 aromatic carbocycles. The molecular formula is C24H16F3N7O2S2. The number of nitrogens with one attached hydrogen (secondary N) is 2. The SMILES string of the molecule is CNc1nccc(-c2sc(-c3cncnc3)nc2-c2cccc(NS(=O)(=O)c3c(F)cccc3F)c2F)n1. The van der Waals surface area contributed by atoms with Crippen molar-refractivity contribution in [1.82, 2.24) is 24.9 Å². The van der Waals surface area contributed by atoms with Crippen LogP contribution in [0, 0.1) is 17.5 Å². The van der Waals surface area contributed by atoms with E-state index in [4.69, 9.17) is 0 Å². The van der Waals surface area contributed by atoms with Crippen LogP contribution in [0.5, 0.6) is 0 Å². The monoisotopic (exact) mass is 555 g/mol. The van der Waals surface area contributed by atoms with Gasteiger partial charge >= 0.3 is 0 Å². The maximum Gasteiger partial charge on any atom is 0.267 e. The second-order valence-electron chi connectivity index (χ2n) is 7.66. The largest absolute Gasteiger partial charge is 0.357 e. The van der Waals surface area contributed by atoms with Gasteiger partial charge in [0, 0.05) is 36.8 Å². The molecule has 0 saturated heterocycles. The fourth-order valence-corrected chi connectivity index (χ4v) is 5.77. The molecule has 0 aliphatic heterocycles. The van der Waals surface area contributed by atoms with E-state index in [0.29, 0.717) is 27.1 Å². The number of nitrogens with zero attached hydrogens (tertiary/aromatic N) is 5. The highest BCUT2D eigenvalue weighted by atomic mass is 32.2. The summed E-state index contributed by atoms with van der Waals surface area (Å²) < 4.78 is 71.7. The number of anilines is 2. The molecule has 38 heavy (non-hydrogen) atoms. The Kier molecular flexibility index (Phi) is 6.73. The summed E-state index contributed by atoms with van der Waals surface area (Å²) in [6.07, 6.45) is 5.97. The third kappa shape index (κ3) is 4.78. The van der Waals surface area contributed by atoms with Crippen LogP contribution in [0.3, 0.4) is 0 Å². The van der Waals surface area contributed by atoms with Gasteiger partial charge in [0.2, 0.25) is 5.95 Å². The Hall–Kier alpha value is -4.43. The van der Waals surface area contributed by atoms with Gasteiger partial charge in [-0.1, -0.05) is 12.1 Å². The fourth-order valence-electron chi connectivity index (χ4n) is 3.54. The van der Waals surface area contributed by atoms with Crippen molar-refractivity contribution < 1.29 is 21.6 Å². The normalized spacial score (nSPS) is 11.4. The van der Waals surface area contributed by atoms with Gasteiger partial charge in [-0.25, -0.2) is 46.5 Å². The van der Waals surface area contributed by atoms with Gasteiger partial charge in [-0.05, 0) is 30.3 Å². The zero-order valence-corrected chi connectivity index (χ0v) is 21.0. The Morgan fingerprint density at radius 2 is 1.63 bits per heavy atom. The lowest BCUT2D eigenvalue weighted by Gasteiger charge is -2.12. The zero-order chi connectivity index (χ0) is 26.9. The molecule has 0 aliphatic rings. The predicted molar refractivity (Wildman–Crippen MR) is 136 cm³/mol. The van der Waals surface area contributed by atoms with E-state index in [-0.39, 0.29) is 11.3 Å². The van der Waals surface area contributed by atoms with Crippen molar-refractivity contribution in [3.63, 3.8) is 0 Å². The number of hydrogen-bond acceptors (Lipinski definition) is 9. The van der Waals surface area contributed by atoms with E-state index >= 15 is 4.39 Å². The smallest absolute Gasteiger partial charge is 0.267 e. The molecule has 2 N–H and O–H groups in total. The zero-order valence-electron chi connectivity index (χ0n) is 19.4. The minimum absolute atomic E-state index is 0.0711. The summed E-state index contributed by atoms with van der Waals surface area (Å²) in [6, 6.07) is 8.16. The summed E-state index contributed by atoms with van der Waals surface area (Å²) >= 11 is 1.19. The van der Waals surface area contributed by atoms with E-state index in [0.717, 1.165) is 24.3 Å². The molecule has 192 valence electrons. The molecule has 3 aromatic heterocycles. The number of benzene rings is 2. The molecule has 5 rings (SSSR count). The van der Waals surface area contributed by atoms with E-state index < -0.39 is 38.1 Å². The van der Waals surface area contributed by atoms with Crippen molar-refractivity contribution in [3.05, 3.63) is 84.8 Å². The molecule has 0 radical (unpaired) electrons. The van der Waals surface area contributed by atoms with Crippen LogP contribution in [-0.4, -0.2) is 40.4 Å². The first-order chi connectivity index (χ1) is 18.3. The van der Waals surface area contributed by atoms with Gasteiger partial charge in [-0.15, -0.1) is 11.3 Å². The average molecular weight is 556 g/mol. The van der Waals surface area contributed by atoms with Gasteiger partial charge in [0.25, 0.3) is 10.0 Å². The highest BCUT2D eigenvalue weighted by Gasteiger charge is 2.27. The van der Waals surface area contributed by atoms with E-state index in [9.17, 15) is 17.2 Å². The Morgan fingerprint density at radius 1 is 0.921 bits per heavy atom. The van der Waals surface area contributed by atoms with Gasteiger partial charge in [0.05, 0.1) is 22.0 Å². The summed E-state index contributed by atoms with van der Waals surface area (Å²) in [7, 11) is -3.16. The number of aromatic nitrogens is 5. The van der Waals surface area contributed by atoms with Crippen molar-refractivity contribution in [3.8, 4) is 32.4 Å². The summed E-state index contributed by atoms with van der Waals surface area (Å²) in [5.74, 6) is -3.30. The molecule has 0 unspecified atom stereocenters. The van der Waals surface area contributed by atoms with E-state index in [1.807, 2.05) is 4.72 Å². The highest BCUT2D eigenvalue weighted by molar-refractivity contribution is 7.92. The molecule has 0 aliphatic carbocycles. The number of thiazole rings is 1. The summed E-state index contributed by atoms with van der Waals surface area (Å²) in [4.78, 5) is 20.3. The fraction of sp³-hybridized carbons (Fsp3) is 0.0417. The average Bonchev–Trinajstić information content (AvgIpc) is 3.35. The van der Waals surface area contributed by atoms with Crippen molar-refractivity contribution in [2.24, 2.45) is 0 Å². The number of hydrogen-bond donors (Lipinski definition) is 2. The van der Waals surface area contributed by atoms with Crippen molar-refractivity contribution in [2.75, 3.05) is 17.1 Å². The lowest BCUT2D eigenvalue weighted by Crippen LogP contribution is -2.17. The minimum Gasteiger partial charge on any atom is -0.357 e. The Balaban J connectivity index is 1.64. The Bertz CT molecular complexity index is 1730. The molecule has 0 saturated carbocycles. The molecule has 0 atom stereocenters. The Morgan fingerprint density at radius 3 is 2.34 bits per heavy atom. The lowest BCUT2D eigenvalue weighted by molar-refractivity contribution is 0.521. The lowest BCUT2D eigenvalue weighted by atomic mass is 10.1. The summed E-state index contributed by atoms with van der Waals surface area (Å²) in [5, 5.41) is 3.29. The van der Waals surface area contributed by atoms with Crippen molar-refractivity contribution in [2.45, 2.75) is 4.90 Å². The summed E-state index contributed by atoms with van der Waals surface area (Å²) in [6.45, 7) is 0. The topological polar surface area (TPSA) is 123 Å². The van der Waals surface area contributed by atoms with Crippen molar-refractivity contribution in [1.29, 1.82) is 0 Å². The molecule has 5 aromatic rings. The van der Waals surface area contributed by atoms with Gasteiger partial charge in [-0.3, -0.25) is 4.72 Å². The van der Waals surface area contributed by atoms with E-state index in [1.54, 1.807) is 25.5 Å². The number of halogens is 3. The molecular weight excluding hydrogens is 539 g/mol. The maximum atomic E-state index is 15.8. The van der Waals surface area contributed by atoms with Crippen LogP contribution < -0.4 is 10.0 Å². The van der Waals surface area contributed by atoms with Gasteiger partial charge < -0.3 is 5.32 Å². The highest BCUT2D eigenvalue weighted by Crippen LogP contribution is 2.41. The molecule has 9 nitrogen and oxygen atoms in total. The van der Waals surface area contributed by atoms with Crippen LogP contribution >= 0.6 is 11.3 Å². The first kappa shape index (κ1) is 25.2. The van der Waals surface area contributed by atoms with Crippen molar-refractivity contribution >= 4 is 33.0 Å². The Labute approximate surface area is 218 Å². The molecule has 0 spiro atoms. The molecule has 14 heteroatoms.